The Bertz CT molecular complexity index is 2250. The summed E-state index contributed by atoms with van der Waals surface area (Å²) in [6.45, 7) is 3.22. The van der Waals surface area contributed by atoms with Crippen LogP contribution in [0.5, 0.6) is 0 Å². The fourth-order valence-corrected chi connectivity index (χ4v) is 4.89. The molecule has 0 radical (unpaired) electrons. The minimum atomic E-state index is 0.319. The zero-order valence-corrected chi connectivity index (χ0v) is 25.4. The number of terminal acetylenes is 2. The van der Waals surface area contributed by atoms with E-state index < -0.39 is 0 Å². The van der Waals surface area contributed by atoms with Crippen molar-refractivity contribution < 1.29 is 0 Å². The maximum atomic E-state index is 6.16. The number of hydrogen-bond acceptors (Lipinski definition) is 3. The Balaban J connectivity index is 0.000000210. The van der Waals surface area contributed by atoms with Gasteiger partial charge in [-0.1, -0.05) is 18.2 Å². The van der Waals surface area contributed by atoms with Crippen LogP contribution in [-0.2, 0) is 13.0 Å². The van der Waals surface area contributed by atoms with Crippen molar-refractivity contribution in [2.24, 2.45) is 0 Å². The van der Waals surface area contributed by atoms with Crippen LogP contribution in [0.15, 0.2) is 30.6 Å². The zero-order chi connectivity index (χ0) is 32.2. The molecule has 1 aromatic carbocycles. The first kappa shape index (κ1) is 32.0. The Kier molecular flexibility index (Phi) is 12.5. The van der Waals surface area contributed by atoms with Crippen LogP contribution in [0.3, 0.4) is 0 Å². The Morgan fingerprint density at radius 3 is 1.70 bits per heavy atom. The van der Waals surface area contributed by atoms with Gasteiger partial charge < -0.3 is 9.47 Å². The van der Waals surface area contributed by atoms with Crippen LogP contribution in [0.2, 0.25) is 5.28 Å². The van der Waals surface area contributed by atoms with E-state index in [1.807, 2.05) is 6.20 Å². The number of aromatic nitrogens is 3. The molecule has 46 heavy (non-hydrogen) atoms. The van der Waals surface area contributed by atoms with E-state index in [1.54, 1.807) is 0 Å². The Labute approximate surface area is 276 Å². The highest BCUT2D eigenvalue weighted by molar-refractivity contribution is 6.28. The van der Waals surface area contributed by atoms with Gasteiger partial charge in [0.15, 0.2) is 0 Å². The number of nitrogens with zero attached hydrogens (tertiary/aromatic N) is 4. The van der Waals surface area contributed by atoms with Crippen molar-refractivity contribution in [3.63, 3.8) is 0 Å². The van der Waals surface area contributed by atoms with Crippen LogP contribution in [0.25, 0.3) is 22.2 Å². The molecule has 2 aliphatic heterocycles. The standard InChI is InChI=1S/C22H2.C19H19ClN4/c1-3-5-7-9-11-13-15-17-19-21-22-20-18-16-14-12-10-8-6-4-2;20-19-21-11-16(23-8-1-2-9-23)17(22-19)15-12-24-10-4-6-13-5-3-7-14(15)18(13)24/h1-2H;3,5,7,11-12H,1-2,4,6,8-10H2. The molecule has 0 bridgehead atoms. The van der Waals surface area contributed by atoms with Crippen LogP contribution >= 0.6 is 11.6 Å². The van der Waals surface area contributed by atoms with Gasteiger partial charge in [-0.05, 0) is 138 Å². The Morgan fingerprint density at radius 2 is 1.17 bits per heavy atom. The van der Waals surface area contributed by atoms with Crippen molar-refractivity contribution >= 4 is 28.2 Å². The van der Waals surface area contributed by atoms with Crippen molar-refractivity contribution in [1.29, 1.82) is 0 Å². The molecule has 0 atom stereocenters. The number of anilines is 1. The number of hydrogen-bond donors (Lipinski definition) is 0. The van der Waals surface area contributed by atoms with Crippen LogP contribution in [-0.4, -0.2) is 27.6 Å². The second-order valence-electron chi connectivity index (χ2n) is 9.26. The van der Waals surface area contributed by atoms with Gasteiger partial charge in [-0.25, -0.2) is 9.97 Å². The van der Waals surface area contributed by atoms with Gasteiger partial charge >= 0.3 is 0 Å². The molecular formula is C41H21ClN4. The van der Waals surface area contributed by atoms with Gasteiger partial charge in [-0.3, -0.25) is 0 Å². The first-order valence-electron chi connectivity index (χ1n) is 14.0. The lowest BCUT2D eigenvalue weighted by molar-refractivity contribution is 0.636. The van der Waals surface area contributed by atoms with Crippen molar-refractivity contribution in [3.8, 4) is 143 Å². The van der Waals surface area contributed by atoms with Crippen LogP contribution in [0.4, 0.5) is 5.69 Å². The Hall–Kier alpha value is -6.91. The summed E-state index contributed by atoms with van der Waals surface area (Å²) in [5.41, 5.74) is 6.06. The third-order valence-corrected chi connectivity index (χ3v) is 6.66. The number of halogens is 1. The van der Waals surface area contributed by atoms with Crippen LogP contribution in [0.1, 0.15) is 24.8 Å². The van der Waals surface area contributed by atoms with Gasteiger partial charge in [-0.15, -0.1) is 12.8 Å². The van der Waals surface area contributed by atoms with Gasteiger partial charge in [0.1, 0.15) is 5.69 Å². The lowest BCUT2D eigenvalue weighted by atomic mass is 10.0. The van der Waals surface area contributed by atoms with E-state index in [4.69, 9.17) is 24.4 Å². The monoisotopic (exact) mass is 604 g/mol. The predicted molar refractivity (Wildman–Crippen MR) is 185 cm³/mol. The van der Waals surface area contributed by atoms with Crippen molar-refractivity contribution in [3.05, 3.63) is 41.4 Å². The molecular weight excluding hydrogens is 584 g/mol. The molecule has 0 amide bonds. The van der Waals surface area contributed by atoms with Gasteiger partial charge in [0.2, 0.25) is 5.28 Å². The van der Waals surface area contributed by atoms with E-state index in [2.05, 4.69) is 162 Å². The predicted octanol–water partition coefficient (Wildman–Crippen LogP) is 4.58. The number of rotatable bonds is 2. The minimum Gasteiger partial charge on any atom is -0.369 e. The third-order valence-electron chi connectivity index (χ3n) is 6.48. The molecule has 1 saturated heterocycles. The Morgan fingerprint density at radius 1 is 0.652 bits per heavy atom. The quantitative estimate of drug-likeness (QED) is 0.317. The number of aryl methyl sites for hydroxylation is 2. The number of para-hydroxylation sites is 1. The molecule has 5 heteroatoms. The zero-order valence-electron chi connectivity index (χ0n) is 24.7. The molecule has 2 aromatic heterocycles. The second-order valence-corrected chi connectivity index (χ2v) is 9.60. The van der Waals surface area contributed by atoms with Crippen molar-refractivity contribution in [2.75, 3.05) is 18.0 Å². The summed E-state index contributed by atoms with van der Waals surface area (Å²) in [7, 11) is 0. The summed E-state index contributed by atoms with van der Waals surface area (Å²) in [6, 6.07) is 6.62. The lowest BCUT2D eigenvalue weighted by Gasteiger charge is -2.20. The fraction of sp³-hybridized carbons (Fsp3) is 0.171. The molecule has 4 nitrogen and oxygen atoms in total. The molecule has 1 fully saturated rings. The second kappa shape index (κ2) is 17.9. The van der Waals surface area contributed by atoms with E-state index in [9.17, 15) is 0 Å². The van der Waals surface area contributed by atoms with Gasteiger partial charge in [0, 0.05) is 60.5 Å². The topological polar surface area (TPSA) is 34.0 Å². The van der Waals surface area contributed by atoms with Gasteiger partial charge in [0.05, 0.1) is 17.4 Å². The summed E-state index contributed by atoms with van der Waals surface area (Å²) in [5.74, 6) is 48.2. The molecule has 0 N–H and O–H groups in total. The maximum Gasteiger partial charge on any atom is 0.223 e. The lowest BCUT2D eigenvalue weighted by Crippen LogP contribution is -2.19. The largest absolute Gasteiger partial charge is 0.369 e. The smallest absolute Gasteiger partial charge is 0.223 e. The highest BCUT2D eigenvalue weighted by atomic mass is 35.5. The van der Waals surface area contributed by atoms with Gasteiger partial charge in [-0.2, -0.15) is 0 Å². The van der Waals surface area contributed by atoms with E-state index in [-0.39, 0.29) is 0 Å². The summed E-state index contributed by atoms with van der Waals surface area (Å²) >= 11 is 6.16. The summed E-state index contributed by atoms with van der Waals surface area (Å²) in [4.78, 5) is 11.3. The van der Waals surface area contributed by atoms with Crippen LogP contribution in [0, 0.1) is 131 Å². The molecule has 3 aromatic rings. The highest BCUT2D eigenvalue weighted by Crippen LogP contribution is 2.39. The molecule has 0 spiro atoms. The van der Waals surface area contributed by atoms with E-state index in [0.29, 0.717) is 5.28 Å². The number of benzene rings is 1. The average Bonchev–Trinajstić information content (AvgIpc) is 3.75. The van der Waals surface area contributed by atoms with Crippen LogP contribution < -0.4 is 4.90 Å². The molecule has 5 rings (SSSR count). The minimum absolute atomic E-state index is 0.319. The van der Waals surface area contributed by atoms with Crippen molar-refractivity contribution in [2.45, 2.75) is 32.2 Å². The molecule has 212 valence electrons. The summed E-state index contributed by atoms with van der Waals surface area (Å²) in [5, 5.41) is 1.60. The molecule has 2 aliphatic rings. The van der Waals surface area contributed by atoms with Gasteiger partial charge in [0.25, 0.3) is 0 Å². The molecule has 0 aliphatic carbocycles. The van der Waals surface area contributed by atoms with E-state index in [1.165, 1.54) is 41.3 Å². The average molecular weight is 605 g/mol. The van der Waals surface area contributed by atoms with E-state index >= 15 is 0 Å². The van der Waals surface area contributed by atoms with Crippen molar-refractivity contribution in [1.82, 2.24) is 14.5 Å². The highest BCUT2D eigenvalue weighted by Gasteiger charge is 2.23. The fourth-order valence-electron chi connectivity index (χ4n) is 4.76. The first-order chi connectivity index (χ1) is 22.7. The summed E-state index contributed by atoms with van der Waals surface area (Å²) < 4.78 is 2.38. The molecule has 0 saturated carbocycles. The van der Waals surface area contributed by atoms with E-state index in [0.717, 1.165) is 37.4 Å². The summed E-state index contributed by atoms with van der Waals surface area (Å²) in [6.07, 6.45) is 18.8. The normalized spacial score (nSPS) is 10.6. The molecule has 4 heterocycles. The molecule has 0 unspecified atom stereocenters. The first-order valence-corrected chi connectivity index (χ1v) is 14.4. The SMILES string of the molecule is C#CC#CC#CC#CC#CC#CC#CC#CC#CC#CC#C.Clc1ncc(N2CCCC2)c(-c2cn3c4c(cccc24)CCC3)n1. The third kappa shape index (κ3) is 9.30. The maximum absolute atomic E-state index is 6.16.